The van der Waals surface area contributed by atoms with E-state index in [0.717, 1.165) is 5.56 Å². The first-order valence-electron chi connectivity index (χ1n) is 7.66. The van der Waals surface area contributed by atoms with Gasteiger partial charge >= 0.3 is 0 Å². The van der Waals surface area contributed by atoms with Crippen molar-refractivity contribution in [1.82, 2.24) is 9.47 Å². The molecule has 2 aromatic rings. The second-order valence-electron chi connectivity index (χ2n) is 5.95. The van der Waals surface area contributed by atoms with Gasteiger partial charge in [0, 0.05) is 19.1 Å². The molecule has 0 saturated carbocycles. The Morgan fingerprint density at radius 3 is 2.79 bits per heavy atom. The average molecular weight is 432 g/mol. The molecule has 0 radical (unpaired) electrons. The van der Waals surface area contributed by atoms with Gasteiger partial charge in [0.15, 0.2) is 0 Å². The van der Waals surface area contributed by atoms with Gasteiger partial charge in [-0.15, -0.1) is 0 Å². The van der Waals surface area contributed by atoms with Crippen LogP contribution in [-0.2, 0) is 13.0 Å². The third kappa shape index (κ3) is 3.28. The second-order valence-corrected chi connectivity index (χ2v) is 7.58. The standard InChI is InChI=1S/C17H17BrCl2N2O2/c1-10-9-22-14(6-5-12(18)16(22)23)17(24)21(10)8-7-11-3-2-4-13(19)15(11)20/h2-6,10,17,24H,7-9H2,1H3. The lowest BCUT2D eigenvalue weighted by Crippen LogP contribution is -2.48. The Bertz CT molecular complexity index is 825. The van der Waals surface area contributed by atoms with E-state index in [1.54, 1.807) is 22.8 Å². The highest BCUT2D eigenvalue weighted by Gasteiger charge is 2.31. The summed E-state index contributed by atoms with van der Waals surface area (Å²) in [7, 11) is 0. The number of rotatable bonds is 3. The molecule has 0 aliphatic carbocycles. The van der Waals surface area contributed by atoms with E-state index in [-0.39, 0.29) is 11.6 Å². The maximum atomic E-state index is 12.2. The van der Waals surface area contributed by atoms with Crippen molar-refractivity contribution in [3.05, 3.63) is 66.5 Å². The number of fused-ring (bicyclic) bond motifs is 1. The summed E-state index contributed by atoms with van der Waals surface area (Å²) in [5, 5.41) is 11.8. The molecule has 3 rings (SSSR count). The van der Waals surface area contributed by atoms with Crippen LogP contribution < -0.4 is 5.56 Å². The highest BCUT2D eigenvalue weighted by molar-refractivity contribution is 9.10. The Hall–Kier alpha value is -0.850. The second kappa shape index (κ2) is 7.18. The van der Waals surface area contributed by atoms with E-state index in [4.69, 9.17) is 23.2 Å². The molecule has 24 heavy (non-hydrogen) atoms. The van der Waals surface area contributed by atoms with Gasteiger partial charge in [0.05, 0.1) is 20.2 Å². The van der Waals surface area contributed by atoms with Crippen LogP contribution in [-0.4, -0.2) is 27.2 Å². The van der Waals surface area contributed by atoms with Gasteiger partial charge in [-0.3, -0.25) is 9.69 Å². The summed E-state index contributed by atoms with van der Waals surface area (Å²) in [6, 6.07) is 9.04. The molecule has 0 spiro atoms. The highest BCUT2D eigenvalue weighted by Crippen LogP contribution is 2.29. The first-order chi connectivity index (χ1) is 11.4. The van der Waals surface area contributed by atoms with E-state index >= 15 is 0 Å². The summed E-state index contributed by atoms with van der Waals surface area (Å²) in [6.45, 7) is 3.15. The molecule has 0 fully saturated rings. The van der Waals surface area contributed by atoms with Gasteiger partial charge in [-0.25, -0.2) is 0 Å². The molecule has 1 N–H and O–H groups in total. The van der Waals surface area contributed by atoms with Crippen molar-refractivity contribution in [1.29, 1.82) is 0 Å². The lowest BCUT2D eigenvalue weighted by atomic mass is 10.1. The fraction of sp³-hybridized carbons (Fsp3) is 0.353. The minimum absolute atomic E-state index is 0.0254. The maximum Gasteiger partial charge on any atom is 0.265 e. The summed E-state index contributed by atoms with van der Waals surface area (Å²) in [5.74, 6) is 0. The molecule has 128 valence electrons. The third-order valence-electron chi connectivity index (χ3n) is 4.42. The predicted octanol–water partition coefficient (Wildman–Crippen LogP) is 3.86. The fourth-order valence-electron chi connectivity index (χ4n) is 3.09. The van der Waals surface area contributed by atoms with Crippen LogP contribution in [0.3, 0.4) is 0 Å². The third-order valence-corrected chi connectivity index (χ3v) is 5.89. The van der Waals surface area contributed by atoms with Crippen LogP contribution in [0.5, 0.6) is 0 Å². The zero-order valence-corrected chi connectivity index (χ0v) is 16.1. The van der Waals surface area contributed by atoms with Crippen molar-refractivity contribution in [3.8, 4) is 0 Å². The molecule has 0 bridgehead atoms. The van der Waals surface area contributed by atoms with Gasteiger partial charge in [0.2, 0.25) is 0 Å². The summed E-state index contributed by atoms with van der Waals surface area (Å²) in [6.07, 6.45) is -0.158. The number of benzene rings is 1. The first kappa shape index (κ1) is 18.0. The summed E-state index contributed by atoms with van der Waals surface area (Å²) < 4.78 is 2.13. The molecule has 7 heteroatoms. The molecule has 1 aromatic heterocycles. The van der Waals surface area contributed by atoms with E-state index in [2.05, 4.69) is 15.9 Å². The Labute approximate surface area is 158 Å². The van der Waals surface area contributed by atoms with Gasteiger partial charge in [0.1, 0.15) is 6.23 Å². The van der Waals surface area contributed by atoms with Gasteiger partial charge < -0.3 is 9.67 Å². The molecular formula is C17H17BrCl2N2O2. The monoisotopic (exact) mass is 430 g/mol. The first-order valence-corrected chi connectivity index (χ1v) is 9.21. The van der Waals surface area contributed by atoms with Crippen LogP contribution in [0, 0.1) is 0 Å². The van der Waals surface area contributed by atoms with E-state index in [9.17, 15) is 9.90 Å². The Balaban J connectivity index is 1.83. The van der Waals surface area contributed by atoms with Crippen molar-refractivity contribution in [2.24, 2.45) is 0 Å². The van der Waals surface area contributed by atoms with Crippen LogP contribution in [0.15, 0.2) is 39.6 Å². The van der Waals surface area contributed by atoms with Crippen molar-refractivity contribution in [2.75, 3.05) is 6.54 Å². The highest BCUT2D eigenvalue weighted by atomic mass is 79.9. The van der Waals surface area contributed by atoms with E-state index in [1.807, 2.05) is 24.0 Å². The van der Waals surface area contributed by atoms with E-state index in [1.165, 1.54) is 0 Å². The number of halogens is 3. The van der Waals surface area contributed by atoms with Crippen molar-refractivity contribution >= 4 is 39.1 Å². The van der Waals surface area contributed by atoms with Gasteiger partial charge in [0.25, 0.3) is 5.56 Å². The lowest BCUT2D eigenvalue weighted by Gasteiger charge is -2.39. The maximum absolute atomic E-state index is 12.2. The molecule has 1 aliphatic heterocycles. The van der Waals surface area contributed by atoms with Crippen molar-refractivity contribution in [2.45, 2.75) is 32.2 Å². The van der Waals surface area contributed by atoms with Crippen LogP contribution in [0.4, 0.5) is 0 Å². The smallest absolute Gasteiger partial charge is 0.265 e. The number of hydrogen-bond acceptors (Lipinski definition) is 3. The minimum Gasteiger partial charge on any atom is -0.372 e. The zero-order chi connectivity index (χ0) is 17.4. The number of hydrogen-bond donors (Lipinski definition) is 1. The van der Waals surface area contributed by atoms with E-state index < -0.39 is 6.23 Å². The number of nitrogens with zero attached hydrogens (tertiary/aromatic N) is 2. The SMILES string of the molecule is CC1Cn2c(ccc(Br)c2=O)C(O)N1CCc1cccc(Cl)c1Cl. The normalized spacial score (nSPS) is 20.9. The molecule has 1 aromatic carbocycles. The van der Waals surface area contributed by atoms with Crippen LogP contribution in [0.25, 0.3) is 0 Å². The molecule has 0 amide bonds. The molecular weight excluding hydrogens is 415 g/mol. The Morgan fingerprint density at radius 1 is 1.29 bits per heavy atom. The van der Waals surface area contributed by atoms with Crippen LogP contribution in [0.1, 0.15) is 24.4 Å². The summed E-state index contributed by atoms with van der Waals surface area (Å²) in [4.78, 5) is 14.2. The predicted molar refractivity (Wildman–Crippen MR) is 99.7 cm³/mol. The number of aromatic nitrogens is 1. The van der Waals surface area contributed by atoms with E-state index in [0.29, 0.717) is 39.7 Å². The Morgan fingerprint density at radius 2 is 2.04 bits per heavy atom. The lowest BCUT2D eigenvalue weighted by molar-refractivity contribution is -0.0499. The zero-order valence-electron chi connectivity index (χ0n) is 13.0. The van der Waals surface area contributed by atoms with Gasteiger partial charge in [-0.1, -0.05) is 35.3 Å². The molecule has 0 saturated heterocycles. The van der Waals surface area contributed by atoms with Crippen molar-refractivity contribution < 1.29 is 5.11 Å². The quantitative estimate of drug-likeness (QED) is 0.802. The van der Waals surface area contributed by atoms with Crippen molar-refractivity contribution in [3.63, 3.8) is 0 Å². The van der Waals surface area contributed by atoms with Crippen LogP contribution in [0.2, 0.25) is 10.0 Å². The number of aliphatic hydroxyl groups excluding tert-OH is 1. The summed E-state index contributed by atoms with van der Waals surface area (Å²) >= 11 is 15.5. The molecule has 2 atom stereocenters. The van der Waals surface area contributed by atoms with Gasteiger partial charge in [-0.05, 0) is 53.0 Å². The Kier molecular flexibility index (Phi) is 5.37. The average Bonchev–Trinajstić information content (AvgIpc) is 2.55. The summed E-state index contributed by atoms with van der Waals surface area (Å²) in [5.41, 5.74) is 1.44. The van der Waals surface area contributed by atoms with Crippen LogP contribution >= 0.6 is 39.1 Å². The molecule has 1 aliphatic rings. The fourth-order valence-corrected chi connectivity index (χ4v) is 3.85. The number of pyridine rings is 1. The van der Waals surface area contributed by atoms with Gasteiger partial charge in [-0.2, -0.15) is 0 Å². The molecule has 2 heterocycles. The minimum atomic E-state index is -0.826. The largest absolute Gasteiger partial charge is 0.372 e. The molecule has 2 unspecified atom stereocenters. The molecule has 4 nitrogen and oxygen atoms in total. The number of aliphatic hydroxyl groups is 1. The topological polar surface area (TPSA) is 45.5 Å².